The van der Waals surface area contributed by atoms with E-state index < -0.39 is 5.97 Å². The van der Waals surface area contributed by atoms with Gasteiger partial charge in [0.1, 0.15) is 11.0 Å². The van der Waals surface area contributed by atoms with Crippen molar-refractivity contribution in [1.82, 2.24) is 9.97 Å². The highest BCUT2D eigenvalue weighted by atomic mass is 35.5. The average Bonchev–Trinajstić information content (AvgIpc) is 2.20. The van der Waals surface area contributed by atoms with Crippen LogP contribution in [-0.4, -0.2) is 23.0 Å². The lowest BCUT2D eigenvalue weighted by atomic mass is 10.2. The molecule has 0 saturated carbocycles. The molecule has 1 aromatic rings. The average molecular weight is 229 g/mol. The quantitative estimate of drug-likeness (QED) is 0.576. The number of nitrogens with zero attached hydrogens (tertiary/aromatic N) is 2. The number of rotatable bonds is 2. The van der Waals surface area contributed by atoms with Crippen LogP contribution >= 0.6 is 11.6 Å². The molecule has 4 nitrogen and oxygen atoms in total. The first-order valence-electron chi connectivity index (χ1n) is 4.59. The monoisotopic (exact) mass is 228 g/mol. The van der Waals surface area contributed by atoms with Crippen LogP contribution < -0.4 is 0 Å². The van der Waals surface area contributed by atoms with Gasteiger partial charge in [-0.15, -0.1) is 0 Å². The highest BCUT2D eigenvalue weighted by Crippen LogP contribution is 2.19. The number of hydrogen-bond donors (Lipinski definition) is 0. The number of carbonyl (C=O) groups excluding carboxylic acids is 1. The summed E-state index contributed by atoms with van der Waals surface area (Å²) in [6, 6.07) is 0. The third-order valence-corrected chi connectivity index (χ3v) is 2.37. The van der Waals surface area contributed by atoms with Crippen molar-refractivity contribution in [2.45, 2.75) is 26.7 Å². The Morgan fingerprint density at radius 1 is 1.40 bits per heavy atom. The minimum Gasteiger partial charge on any atom is -0.464 e. The van der Waals surface area contributed by atoms with E-state index >= 15 is 0 Å². The highest BCUT2D eigenvalue weighted by Gasteiger charge is 2.17. The largest absolute Gasteiger partial charge is 0.464 e. The Balaban J connectivity index is 3.31. The fraction of sp³-hybridized carbons (Fsp3) is 0.500. The highest BCUT2D eigenvalue weighted by molar-refractivity contribution is 6.30. The smallest absolute Gasteiger partial charge is 0.357 e. The van der Waals surface area contributed by atoms with Gasteiger partial charge in [0.2, 0.25) is 0 Å². The summed E-state index contributed by atoms with van der Waals surface area (Å²) in [5, 5.41) is 0.300. The van der Waals surface area contributed by atoms with Crippen LogP contribution in [0.25, 0.3) is 0 Å². The maximum atomic E-state index is 11.4. The first-order chi connectivity index (χ1) is 6.97. The van der Waals surface area contributed by atoms with E-state index in [0.29, 0.717) is 16.5 Å². The van der Waals surface area contributed by atoms with Gasteiger partial charge in [0.05, 0.1) is 7.11 Å². The lowest BCUT2D eigenvalue weighted by Gasteiger charge is -2.09. The molecular weight excluding hydrogens is 216 g/mol. The van der Waals surface area contributed by atoms with Gasteiger partial charge in [0.15, 0.2) is 5.69 Å². The van der Waals surface area contributed by atoms with E-state index in [9.17, 15) is 4.79 Å². The summed E-state index contributed by atoms with van der Waals surface area (Å²) < 4.78 is 4.62. The molecule has 0 N–H and O–H groups in total. The first-order valence-corrected chi connectivity index (χ1v) is 4.97. The van der Waals surface area contributed by atoms with Crippen molar-refractivity contribution in [1.29, 1.82) is 0 Å². The second-order valence-electron chi connectivity index (χ2n) is 3.49. The van der Waals surface area contributed by atoms with Crippen molar-refractivity contribution in [3.63, 3.8) is 0 Å². The zero-order valence-electron chi connectivity index (χ0n) is 9.17. The molecule has 5 heteroatoms. The van der Waals surface area contributed by atoms with Gasteiger partial charge in [-0.1, -0.05) is 25.4 Å². The molecule has 0 aliphatic rings. The Morgan fingerprint density at radius 3 is 2.47 bits per heavy atom. The molecule has 0 amide bonds. The van der Waals surface area contributed by atoms with Crippen LogP contribution in [0.1, 0.15) is 41.6 Å². The Kier molecular flexibility index (Phi) is 3.63. The zero-order valence-corrected chi connectivity index (χ0v) is 9.92. The normalized spacial score (nSPS) is 10.5. The van der Waals surface area contributed by atoms with E-state index in [2.05, 4.69) is 14.7 Å². The molecule has 0 bridgehead atoms. The van der Waals surface area contributed by atoms with Crippen LogP contribution in [0.2, 0.25) is 5.15 Å². The molecule has 0 radical (unpaired) electrons. The number of ether oxygens (including phenoxy) is 1. The Labute approximate surface area is 93.6 Å². The van der Waals surface area contributed by atoms with Crippen molar-refractivity contribution in [3.05, 3.63) is 22.2 Å². The van der Waals surface area contributed by atoms with Crippen LogP contribution in [0, 0.1) is 6.92 Å². The topological polar surface area (TPSA) is 52.1 Å². The van der Waals surface area contributed by atoms with E-state index in [4.69, 9.17) is 11.6 Å². The lowest BCUT2D eigenvalue weighted by molar-refractivity contribution is 0.0592. The fourth-order valence-electron chi connectivity index (χ4n) is 1.06. The van der Waals surface area contributed by atoms with E-state index in [1.165, 1.54) is 7.11 Å². The van der Waals surface area contributed by atoms with Crippen LogP contribution in [0.3, 0.4) is 0 Å². The van der Waals surface area contributed by atoms with Crippen molar-refractivity contribution in [2.75, 3.05) is 7.11 Å². The molecule has 0 aromatic carbocycles. The summed E-state index contributed by atoms with van der Waals surface area (Å²) >= 11 is 5.91. The summed E-state index contributed by atoms with van der Waals surface area (Å²) in [4.78, 5) is 19.6. The molecule has 0 aliphatic carbocycles. The molecular formula is C10H13ClN2O2. The summed E-state index contributed by atoms with van der Waals surface area (Å²) in [6.45, 7) is 5.56. The van der Waals surface area contributed by atoms with Crippen LogP contribution in [0.4, 0.5) is 0 Å². The van der Waals surface area contributed by atoms with Gasteiger partial charge >= 0.3 is 5.97 Å². The van der Waals surface area contributed by atoms with Gasteiger partial charge in [-0.05, 0) is 6.92 Å². The Bertz CT molecular complexity index is 391. The minimum absolute atomic E-state index is 0.117. The van der Waals surface area contributed by atoms with E-state index in [1.807, 2.05) is 13.8 Å². The van der Waals surface area contributed by atoms with E-state index in [0.717, 1.165) is 0 Å². The number of aromatic nitrogens is 2. The van der Waals surface area contributed by atoms with Gasteiger partial charge < -0.3 is 4.74 Å². The maximum absolute atomic E-state index is 11.4. The zero-order chi connectivity index (χ0) is 11.6. The number of methoxy groups -OCH3 is 1. The summed E-state index contributed by atoms with van der Waals surface area (Å²) in [5.41, 5.74) is 0.786. The molecule has 1 heterocycles. The van der Waals surface area contributed by atoms with Gasteiger partial charge in [-0.25, -0.2) is 14.8 Å². The Hall–Kier alpha value is -1.16. The minimum atomic E-state index is -0.487. The van der Waals surface area contributed by atoms with Gasteiger partial charge in [-0.2, -0.15) is 0 Å². The summed E-state index contributed by atoms with van der Waals surface area (Å²) in [5.74, 6) is 0.177. The fourth-order valence-corrected chi connectivity index (χ4v) is 1.24. The molecule has 0 aliphatic heterocycles. The van der Waals surface area contributed by atoms with Gasteiger partial charge in [0, 0.05) is 11.5 Å². The molecule has 0 atom stereocenters. The standard InChI is InChI=1S/C10H13ClN2O2/c1-5(2)9-12-7(10(14)15-4)6(3)8(11)13-9/h5H,1-4H3. The number of esters is 1. The summed E-state index contributed by atoms with van der Waals surface area (Å²) in [7, 11) is 1.31. The molecule has 1 aromatic heterocycles. The van der Waals surface area contributed by atoms with Crippen LogP contribution in [-0.2, 0) is 4.74 Å². The maximum Gasteiger partial charge on any atom is 0.357 e. The SMILES string of the molecule is COC(=O)c1nc(C(C)C)nc(Cl)c1C. The molecule has 0 spiro atoms. The lowest BCUT2D eigenvalue weighted by Crippen LogP contribution is -2.11. The molecule has 15 heavy (non-hydrogen) atoms. The third kappa shape index (κ3) is 2.45. The summed E-state index contributed by atoms with van der Waals surface area (Å²) in [6.07, 6.45) is 0. The number of hydrogen-bond acceptors (Lipinski definition) is 4. The van der Waals surface area contributed by atoms with Gasteiger partial charge in [0.25, 0.3) is 0 Å². The number of halogens is 1. The first kappa shape index (κ1) is 11.9. The molecule has 82 valence electrons. The van der Waals surface area contributed by atoms with Crippen LogP contribution in [0.15, 0.2) is 0 Å². The Morgan fingerprint density at radius 2 is 2.00 bits per heavy atom. The van der Waals surface area contributed by atoms with Crippen LogP contribution in [0.5, 0.6) is 0 Å². The number of carbonyl (C=O) groups is 1. The van der Waals surface area contributed by atoms with Crippen molar-refractivity contribution in [3.8, 4) is 0 Å². The molecule has 1 rings (SSSR count). The second-order valence-corrected chi connectivity index (χ2v) is 3.85. The predicted octanol–water partition coefficient (Wildman–Crippen LogP) is 2.35. The molecule has 0 fully saturated rings. The molecule has 0 unspecified atom stereocenters. The van der Waals surface area contributed by atoms with Crippen molar-refractivity contribution in [2.24, 2.45) is 0 Å². The van der Waals surface area contributed by atoms with E-state index in [1.54, 1.807) is 6.92 Å². The molecule has 0 saturated heterocycles. The second kappa shape index (κ2) is 4.57. The van der Waals surface area contributed by atoms with Crippen molar-refractivity contribution < 1.29 is 9.53 Å². The van der Waals surface area contributed by atoms with Crippen molar-refractivity contribution >= 4 is 17.6 Å². The van der Waals surface area contributed by atoms with E-state index in [-0.39, 0.29) is 11.6 Å². The third-order valence-electron chi connectivity index (χ3n) is 2.00. The predicted molar refractivity (Wildman–Crippen MR) is 57.2 cm³/mol. The van der Waals surface area contributed by atoms with Gasteiger partial charge in [-0.3, -0.25) is 0 Å².